The number of hydrogen-bond donors (Lipinski definition) is 1. The van der Waals surface area contributed by atoms with E-state index in [1.54, 1.807) is 21.7 Å². The number of carbonyl (C=O) groups excluding carboxylic acids is 2. The summed E-state index contributed by atoms with van der Waals surface area (Å²) in [5.74, 6) is 0.139. The molecule has 1 saturated heterocycles. The summed E-state index contributed by atoms with van der Waals surface area (Å²) in [6.45, 7) is 7.02. The van der Waals surface area contributed by atoms with Crippen molar-refractivity contribution in [2.45, 2.75) is 46.2 Å². The fourth-order valence-electron chi connectivity index (χ4n) is 2.28. The van der Waals surface area contributed by atoms with Crippen molar-refractivity contribution in [3.63, 3.8) is 0 Å². The lowest BCUT2D eigenvalue weighted by atomic mass is 9.98. The maximum atomic E-state index is 12.6. The molecule has 1 aromatic heterocycles. The Kier molecular flexibility index (Phi) is 4.75. The van der Waals surface area contributed by atoms with E-state index in [2.05, 4.69) is 10.3 Å². The van der Waals surface area contributed by atoms with Crippen molar-refractivity contribution in [3.05, 3.63) is 16.1 Å². The van der Waals surface area contributed by atoms with Crippen molar-refractivity contribution in [2.75, 3.05) is 6.54 Å². The topological polar surface area (TPSA) is 62.3 Å². The van der Waals surface area contributed by atoms with Gasteiger partial charge in [-0.15, -0.1) is 11.3 Å². The first-order chi connectivity index (χ1) is 9.52. The first-order valence-corrected chi connectivity index (χ1v) is 7.88. The molecule has 1 fully saturated rings. The molecule has 5 nitrogen and oxygen atoms in total. The minimum atomic E-state index is -0.400. The molecular weight excluding hydrogens is 274 g/mol. The van der Waals surface area contributed by atoms with Gasteiger partial charge in [0.25, 0.3) is 0 Å². The molecule has 2 heterocycles. The molecule has 2 amide bonds. The highest BCUT2D eigenvalue weighted by Crippen LogP contribution is 2.19. The largest absolute Gasteiger partial charge is 0.344 e. The van der Waals surface area contributed by atoms with E-state index in [0.29, 0.717) is 19.5 Å². The second kappa shape index (κ2) is 6.35. The zero-order valence-corrected chi connectivity index (χ0v) is 13.0. The summed E-state index contributed by atoms with van der Waals surface area (Å²) in [7, 11) is 0. The zero-order chi connectivity index (χ0) is 14.7. The Balaban J connectivity index is 2.17. The van der Waals surface area contributed by atoms with Gasteiger partial charge in [-0.05, 0) is 12.8 Å². The van der Waals surface area contributed by atoms with Crippen LogP contribution >= 0.6 is 11.3 Å². The van der Waals surface area contributed by atoms with Crippen LogP contribution < -0.4 is 5.32 Å². The molecule has 1 aliphatic heterocycles. The van der Waals surface area contributed by atoms with Crippen LogP contribution in [-0.2, 0) is 16.1 Å². The molecule has 6 heteroatoms. The van der Waals surface area contributed by atoms with E-state index in [9.17, 15) is 9.59 Å². The van der Waals surface area contributed by atoms with Crippen LogP contribution in [0.1, 0.15) is 37.3 Å². The van der Waals surface area contributed by atoms with Gasteiger partial charge in [0.1, 0.15) is 6.04 Å². The molecule has 1 N–H and O–H groups in total. The summed E-state index contributed by atoms with van der Waals surface area (Å²) in [5.41, 5.74) is 2.76. The lowest BCUT2D eigenvalue weighted by Gasteiger charge is -2.26. The number of aryl methyl sites for hydroxylation is 1. The van der Waals surface area contributed by atoms with Crippen molar-refractivity contribution in [1.82, 2.24) is 15.2 Å². The highest BCUT2D eigenvalue weighted by atomic mass is 32.1. The van der Waals surface area contributed by atoms with Gasteiger partial charge in [0.15, 0.2) is 0 Å². The smallest absolute Gasteiger partial charge is 0.245 e. The summed E-state index contributed by atoms with van der Waals surface area (Å²) in [6.07, 6.45) is 1.24. The number of nitrogens with zero attached hydrogens (tertiary/aromatic N) is 2. The molecule has 0 spiro atoms. The number of aromatic nitrogens is 1. The minimum Gasteiger partial charge on any atom is -0.344 e. The van der Waals surface area contributed by atoms with Gasteiger partial charge >= 0.3 is 0 Å². The van der Waals surface area contributed by atoms with Crippen LogP contribution in [0.4, 0.5) is 0 Å². The number of nitrogens with one attached hydrogen (secondary N) is 1. The molecule has 0 saturated carbocycles. The zero-order valence-electron chi connectivity index (χ0n) is 12.2. The Labute approximate surface area is 123 Å². The minimum absolute atomic E-state index is 0.0259. The van der Waals surface area contributed by atoms with Crippen LogP contribution in [0, 0.1) is 12.8 Å². The normalized spacial score (nSPS) is 21.6. The van der Waals surface area contributed by atoms with Gasteiger partial charge in [-0.25, -0.2) is 4.98 Å². The molecule has 110 valence electrons. The monoisotopic (exact) mass is 295 g/mol. The van der Waals surface area contributed by atoms with Crippen molar-refractivity contribution in [2.24, 2.45) is 5.92 Å². The highest BCUT2D eigenvalue weighted by molar-refractivity contribution is 7.09. The molecule has 2 unspecified atom stereocenters. The van der Waals surface area contributed by atoms with Gasteiger partial charge in [0.2, 0.25) is 11.8 Å². The molecule has 2 rings (SSSR count). The summed E-state index contributed by atoms with van der Waals surface area (Å²) < 4.78 is 0. The van der Waals surface area contributed by atoms with Crippen LogP contribution in [0.25, 0.3) is 0 Å². The van der Waals surface area contributed by atoms with Crippen LogP contribution in [0.15, 0.2) is 5.51 Å². The number of rotatable bonds is 4. The fourth-order valence-corrected chi connectivity index (χ4v) is 3.07. The molecule has 2 atom stereocenters. The standard InChI is InChI=1S/C14H21N3O2S/c1-4-9(2)13-14(19)17(6-5-12(18)16-13)7-11-10(3)15-8-20-11/h8-9,13H,4-7H2,1-3H3,(H,16,18). The van der Waals surface area contributed by atoms with Gasteiger partial charge in [-0.3, -0.25) is 9.59 Å². The van der Waals surface area contributed by atoms with Crippen LogP contribution in [-0.4, -0.2) is 34.3 Å². The number of thiazole rings is 1. The third kappa shape index (κ3) is 3.17. The lowest BCUT2D eigenvalue weighted by molar-refractivity contribution is -0.135. The molecule has 0 aliphatic carbocycles. The first-order valence-electron chi connectivity index (χ1n) is 7.00. The predicted octanol–water partition coefficient (Wildman–Crippen LogP) is 1.71. The third-order valence-corrected chi connectivity index (χ3v) is 4.82. The number of amides is 2. The Morgan fingerprint density at radius 1 is 1.55 bits per heavy atom. The van der Waals surface area contributed by atoms with Crippen molar-refractivity contribution in [1.29, 1.82) is 0 Å². The Bertz CT molecular complexity index is 500. The van der Waals surface area contributed by atoms with E-state index in [0.717, 1.165) is 17.0 Å². The molecule has 0 bridgehead atoms. The predicted molar refractivity (Wildman–Crippen MR) is 78.3 cm³/mol. The van der Waals surface area contributed by atoms with E-state index >= 15 is 0 Å². The Hall–Kier alpha value is -1.43. The van der Waals surface area contributed by atoms with E-state index in [4.69, 9.17) is 0 Å². The van der Waals surface area contributed by atoms with Gasteiger partial charge in [-0.2, -0.15) is 0 Å². The molecule has 1 aromatic rings. The summed E-state index contributed by atoms with van der Waals surface area (Å²) in [4.78, 5) is 31.5. The van der Waals surface area contributed by atoms with E-state index in [1.807, 2.05) is 20.8 Å². The fraction of sp³-hybridized carbons (Fsp3) is 0.643. The summed E-state index contributed by atoms with van der Waals surface area (Å²) in [6, 6.07) is -0.400. The lowest BCUT2D eigenvalue weighted by Crippen LogP contribution is -2.48. The van der Waals surface area contributed by atoms with Crippen LogP contribution in [0.5, 0.6) is 0 Å². The third-order valence-electron chi connectivity index (χ3n) is 3.90. The first kappa shape index (κ1) is 15.0. The van der Waals surface area contributed by atoms with Gasteiger partial charge in [0.05, 0.1) is 17.7 Å². The van der Waals surface area contributed by atoms with E-state index < -0.39 is 6.04 Å². The highest BCUT2D eigenvalue weighted by Gasteiger charge is 2.33. The van der Waals surface area contributed by atoms with E-state index in [-0.39, 0.29) is 17.7 Å². The molecule has 0 radical (unpaired) electrons. The quantitative estimate of drug-likeness (QED) is 0.920. The molecule has 20 heavy (non-hydrogen) atoms. The van der Waals surface area contributed by atoms with Crippen LogP contribution in [0.3, 0.4) is 0 Å². The van der Waals surface area contributed by atoms with Gasteiger partial charge in [0, 0.05) is 17.8 Å². The average molecular weight is 295 g/mol. The SMILES string of the molecule is CCC(C)C1NC(=O)CCN(Cc2scnc2C)C1=O. The van der Waals surface area contributed by atoms with Crippen LogP contribution in [0.2, 0.25) is 0 Å². The van der Waals surface area contributed by atoms with E-state index in [1.165, 1.54) is 0 Å². The Morgan fingerprint density at radius 3 is 2.90 bits per heavy atom. The molecular formula is C14H21N3O2S. The van der Waals surface area contributed by atoms with Gasteiger partial charge < -0.3 is 10.2 Å². The van der Waals surface area contributed by atoms with Gasteiger partial charge in [-0.1, -0.05) is 20.3 Å². The molecule has 1 aliphatic rings. The second-order valence-electron chi connectivity index (χ2n) is 5.30. The summed E-state index contributed by atoms with van der Waals surface area (Å²) >= 11 is 1.56. The maximum Gasteiger partial charge on any atom is 0.245 e. The van der Waals surface area contributed by atoms with Crippen molar-refractivity contribution in [3.8, 4) is 0 Å². The number of carbonyl (C=O) groups is 2. The second-order valence-corrected chi connectivity index (χ2v) is 6.24. The molecule has 0 aromatic carbocycles. The number of hydrogen-bond acceptors (Lipinski definition) is 4. The Morgan fingerprint density at radius 2 is 2.30 bits per heavy atom. The summed E-state index contributed by atoms with van der Waals surface area (Å²) in [5, 5.41) is 2.86. The van der Waals surface area contributed by atoms with Crippen molar-refractivity contribution < 1.29 is 9.59 Å². The van der Waals surface area contributed by atoms with Crippen molar-refractivity contribution >= 4 is 23.2 Å². The average Bonchev–Trinajstić information content (AvgIpc) is 2.78. The maximum absolute atomic E-state index is 12.6.